The molecular formula is C30H40ClFN4O4S. The van der Waals surface area contributed by atoms with E-state index in [9.17, 15) is 13.2 Å². The molecule has 2 bridgehead atoms. The predicted molar refractivity (Wildman–Crippen MR) is 159 cm³/mol. The summed E-state index contributed by atoms with van der Waals surface area (Å²) in [6, 6.07) is 10.9. The van der Waals surface area contributed by atoms with Gasteiger partial charge >= 0.3 is 0 Å². The molecule has 41 heavy (non-hydrogen) atoms. The molecule has 2 unspecified atom stereocenters. The van der Waals surface area contributed by atoms with Crippen LogP contribution < -0.4 is 16.4 Å². The van der Waals surface area contributed by atoms with E-state index in [0.29, 0.717) is 55.4 Å². The largest absolute Gasteiger partial charge is 0.381 e. The summed E-state index contributed by atoms with van der Waals surface area (Å²) < 4.78 is 48.4. The van der Waals surface area contributed by atoms with Crippen molar-refractivity contribution in [1.82, 2.24) is 9.62 Å². The Hall–Kier alpha value is -2.08. The Bertz CT molecular complexity index is 1310. The summed E-state index contributed by atoms with van der Waals surface area (Å²) in [7, 11) is -3.37. The van der Waals surface area contributed by atoms with Gasteiger partial charge in [0.2, 0.25) is 15.9 Å². The number of anilines is 1. The van der Waals surface area contributed by atoms with Crippen molar-refractivity contribution < 1.29 is 22.3 Å². The molecule has 3 heterocycles. The number of carbonyl (C=O) groups is 1. The molecule has 8 nitrogen and oxygen atoms in total. The van der Waals surface area contributed by atoms with Crippen LogP contribution in [0.3, 0.4) is 0 Å². The highest BCUT2D eigenvalue weighted by Crippen LogP contribution is 2.36. The monoisotopic (exact) mass is 606 g/mol. The number of halogens is 2. The summed E-state index contributed by atoms with van der Waals surface area (Å²) in [5.41, 5.74) is 8.30. The van der Waals surface area contributed by atoms with Crippen LogP contribution in [0, 0.1) is 17.7 Å². The summed E-state index contributed by atoms with van der Waals surface area (Å²) in [5.74, 6) is -0.496. The zero-order valence-electron chi connectivity index (χ0n) is 23.2. The SMILES string of the molecule is N[C@H](C(=O)Nc1cccc(F)c1CC[C@H]1CNC[C@@H]2CCCS(=O)(=O)N1C2)C(c1ccc(Cl)cc1)C1CCOCC1. The zero-order valence-corrected chi connectivity index (χ0v) is 24.8. The second-order valence-electron chi connectivity index (χ2n) is 11.6. The zero-order chi connectivity index (χ0) is 29.0. The van der Waals surface area contributed by atoms with Crippen LogP contribution in [0.2, 0.25) is 5.02 Å². The van der Waals surface area contributed by atoms with Crippen molar-refractivity contribution in [1.29, 1.82) is 0 Å². The fraction of sp³-hybridized carbons (Fsp3) is 0.567. The van der Waals surface area contributed by atoms with E-state index < -0.39 is 27.8 Å². The van der Waals surface area contributed by atoms with Gasteiger partial charge in [0.25, 0.3) is 0 Å². The first-order valence-corrected chi connectivity index (χ1v) is 16.6. The van der Waals surface area contributed by atoms with Crippen molar-refractivity contribution in [2.24, 2.45) is 17.6 Å². The van der Waals surface area contributed by atoms with E-state index >= 15 is 4.39 Å². The first-order chi connectivity index (χ1) is 19.7. The lowest BCUT2D eigenvalue weighted by molar-refractivity contribution is -0.118. The van der Waals surface area contributed by atoms with Gasteiger partial charge in [0.05, 0.1) is 11.8 Å². The molecule has 1 amide bonds. The Balaban J connectivity index is 1.33. The van der Waals surface area contributed by atoms with Gasteiger partial charge < -0.3 is 21.1 Å². The predicted octanol–water partition coefficient (Wildman–Crippen LogP) is 3.90. The van der Waals surface area contributed by atoms with Gasteiger partial charge in [0.15, 0.2) is 0 Å². The van der Waals surface area contributed by atoms with Crippen molar-refractivity contribution in [3.63, 3.8) is 0 Å². The normalized spacial score (nSPS) is 26.4. The van der Waals surface area contributed by atoms with Crippen LogP contribution >= 0.6 is 11.6 Å². The van der Waals surface area contributed by atoms with Crippen LogP contribution in [-0.2, 0) is 26.0 Å². The highest BCUT2D eigenvalue weighted by Gasteiger charge is 2.37. The highest BCUT2D eigenvalue weighted by atomic mass is 35.5. The van der Waals surface area contributed by atoms with Gasteiger partial charge in [-0.05, 0) is 86.7 Å². The number of hydrogen-bond acceptors (Lipinski definition) is 6. The molecule has 3 saturated heterocycles. The van der Waals surface area contributed by atoms with Crippen LogP contribution in [0.4, 0.5) is 10.1 Å². The maximum Gasteiger partial charge on any atom is 0.241 e. The number of ether oxygens (including phenoxy) is 1. The van der Waals surface area contributed by atoms with Gasteiger partial charge in [-0.25, -0.2) is 12.8 Å². The van der Waals surface area contributed by atoms with Crippen molar-refractivity contribution in [2.75, 3.05) is 43.9 Å². The topological polar surface area (TPSA) is 114 Å². The molecule has 3 fully saturated rings. The molecule has 0 aliphatic carbocycles. The van der Waals surface area contributed by atoms with Crippen LogP contribution in [0.25, 0.3) is 0 Å². The smallest absolute Gasteiger partial charge is 0.241 e. The second-order valence-corrected chi connectivity index (χ2v) is 14.0. The Kier molecular flexibility index (Phi) is 9.99. The maximum absolute atomic E-state index is 15.2. The minimum Gasteiger partial charge on any atom is -0.381 e. The number of rotatable bonds is 8. The van der Waals surface area contributed by atoms with Crippen LogP contribution in [0.5, 0.6) is 0 Å². The first kappa shape index (κ1) is 30.4. The number of amides is 1. The number of benzene rings is 2. The number of nitrogens with one attached hydrogen (secondary N) is 2. The summed E-state index contributed by atoms with van der Waals surface area (Å²) in [5, 5.41) is 6.92. The average Bonchev–Trinajstić information content (AvgIpc) is 3.25. The lowest BCUT2D eigenvalue weighted by Gasteiger charge is -2.34. The number of carbonyl (C=O) groups excluding carboxylic acids is 1. The van der Waals surface area contributed by atoms with E-state index in [0.717, 1.165) is 31.4 Å². The van der Waals surface area contributed by atoms with E-state index in [1.54, 1.807) is 28.6 Å². The third-order valence-electron chi connectivity index (χ3n) is 8.85. The van der Waals surface area contributed by atoms with Gasteiger partial charge in [-0.2, -0.15) is 4.31 Å². The lowest BCUT2D eigenvalue weighted by Crippen LogP contribution is -2.45. The minimum atomic E-state index is -3.37. The summed E-state index contributed by atoms with van der Waals surface area (Å²) in [6.45, 7) is 3.02. The molecule has 0 spiro atoms. The van der Waals surface area contributed by atoms with Gasteiger partial charge in [-0.3, -0.25) is 4.79 Å². The third kappa shape index (κ3) is 7.29. The molecule has 2 aromatic rings. The quantitative estimate of drug-likeness (QED) is 0.420. The van der Waals surface area contributed by atoms with Gasteiger partial charge in [0.1, 0.15) is 5.82 Å². The molecule has 0 aromatic heterocycles. The molecule has 3 aliphatic rings. The Morgan fingerprint density at radius 1 is 1.15 bits per heavy atom. The molecule has 5 rings (SSSR count). The molecule has 2 aromatic carbocycles. The summed E-state index contributed by atoms with van der Waals surface area (Å²) >= 11 is 6.12. The molecule has 11 heteroatoms. The highest BCUT2D eigenvalue weighted by molar-refractivity contribution is 7.89. The Labute approximate surface area is 247 Å². The Morgan fingerprint density at radius 3 is 2.66 bits per heavy atom. The number of nitrogens with two attached hydrogens (primary N) is 1. The molecule has 3 aliphatic heterocycles. The number of nitrogens with zero attached hydrogens (tertiary/aromatic N) is 1. The molecule has 224 valence electrons. The Morgan fingerprint density at radius 2 is 1.90 bits per heavy atom. The fourth-order valence-electron chi connectivity index (χ4n) is 6.63. The van der Waals surface area contributed by atoms with Crippen molar-refractivity contribution >= 4 is 33.2 Å². The van der Waals surface area contributed by atoms with E-state index in [-0.39, 0.29) is 36.0 Å². The number of sulfonamides is 1. The molecule has 4 N–H and O–H groups in total. The minimum absolute atomic E-state index is 0.153. The van der Waals surface area contributed by atoms with Crippen LogP contribution in [-0.4, -0.2) is 69.3 Å². The number of hydrogen-bond donors (Lipinski definition) is 3. The third-order valence-corrected chi connectivity index (χ3v) is 11.1. The number of fused-ring (bicyclic) bond motifs is 2. The van der Waals surface area contributed by atoms with Crippen LogP contribution in [0.15, 0.2) is 42.5 Å². The summed E-state index contributed by atoms with van der Waals surface area (Å²) in [6.07, 6.45) is 3.83. The average molecular weight is 607 g/mol. The molecular weight excluding hydrogens is 567 g/mol. The van der Waals surface area contributed by atoms with Gasteiger partial charge in [0, 0.05) is 54.5 Å². The summed E-state index contributed by atoms with van der Waals surface area (Å²) in [4.78, 5) is 13.6. The van der Waals surface area contributed by atoms with Crippen LogP contribution in [0.1, 0.15) is 49.1 Å². The van der Waals surface area contributed by atoms with Crippen molar-refractivity contribution in [3.05, 3.63) is 64.4 Å². The van der Waals surface area contributed by atoms with Crippen molar-refractivity contribution in [2.45, 2.75) is 56.5 Å². The van der Waals surface area contributed by atoms with Gasteiger partial charge in [-0.15, -0.1) is 0 Å². The van der Waals surface area contributed by atoms with E-state index in [1.165, 1.54) is 6.07 Å². The van der Waals surface area contributed by atoms with E-state index in [4.69, 9.17) is 22.1 Å². The van der Waals surface area contributed by atoms with E-state index in [2.05, 4.69) is 10.6 Å². The van der Waals surface area contributed by atoms with E-state index in [1.807, 2.05) is 12.1 Å². The maximum atomic E-state index is 15.2. The molecule has 0 radical (unpaired) electrons. The standard InChI is InChI=1S/C30H40ClFN4O4S/c31-23-8-6-21(7-9-23)28(22-12-14-40-15-13-22)29(33)30(37)35-27-5-1-4-26(32)25(27)11-10-24-18-34-17-20-3-2-16-41(38,39)36(24)19-20/h1,4-9,20,22,24,28-29,34H,2-3,10-19,33H2,(H,35,37)/t20-,24-,28?,29-/m0/s1. The second kappa shape index (κ2) is 13.5. The molecule has 5 atom stereocenters. The fourth-order valence-corrected chi connectivity index (χ4v) is 8.59. The van der Waals surface area contributed by atoms with Gasteiger partial charge in [-0.1, -0.05) is 29.8 Å². The first-order valence-electron chi connectivity index (χ1n) is 14.6. The molecule has 0 saturated carbocycles. The van der Waals surface area contributed by atoms with Crippen molar-refractivity contribution in [3.8, 4) is 0 Å². The lowest BCUT2D eigenvalue weighted by atomic mass is 9.76.